The maximum absolute atomic E-state index is 11.3. The number of aromatic nitrogens is 2. The van der Waals surface area contributed by atoms with E-state index in [0.717, 1.165) is 30.7 Å². The molecule has 3 N–H and O–H groups in total. The zero-order valence-corrected chi connectivity index (χ0v) is 8.88. The highest BCUT2D eigenvalue weighted by molar-refractivity contribution is 5.26. The van der Waals surface area contributed by atoms with Crippen LogP contribution in [0.1, 0.15) is 36.2 Å². The predicted molar refractivity (Wildman–Crippen MR) is 58.9 cm³/mol. The van der Waals surface area contributed by atoms with Crippen molar-refractivity contribution in [1.29, 1.82) is 0 Å². The fourth-order valence-electron chi connectivity index (χ4n) is 2.23. The van der Waals surface area contributed by atoms with Gasteiger partial charge in [-0.25, -0.2) is 4.79 Å². The Bertz CT molecular complexity index is 397. The van der Waals surface area contributed by atoms with E-state index in [2.05, 4.69) is 9.97 Å². The second kappa shape index (κ2) is 4.57. The normalized spacial score (nSPS) is 15.8. The lowest BCUT2D eigenvalue weighted by molar-refractivity contribution is 0.707. The highest BCUT2D eigenvalue weighted by Gasteiger charge is 2.14. The number of aromatic amines is 1. The van der Waals surface area contributed by atoms with Crippen LogP contribution in [0.3, 0.4) is 0 Å². The average Bonchev–Trinajstić information content (AvgIpc) is 2.43. The second-order valence-corrected chi connectivity index (χ2v) is 4.05. The van der Waals surface area contributed by atoms with Crippen molar-refractivity contribution in [2.75, 3.05) is 6.54 Å². The third-order valence-electron chi connectivity index (χ3n) is 2.94. The van der Waals surface area contributed by atoms with Crippen molar-refractivity contribution in [2.24, 2.45) is 5.73 Å². The minimum atomic E-state index is -0.223. The molecule has 82 valence electrons. The first-order chi connectivity index (χ1) is 7.31. The molecule has 4 heteroatoms. The van der Waals surface area contributed by atoms with E-state index in [9.17, 15) is 4.79 Å². The fourth-order valence-corrected chi connectivity index (χ4v) is 2.23. The molecule has 1 aliphatic rings. The van der Waals surface area contributed by atoms with Crippen LogP contribution in [0.4, 0.5) is 0 Å². The Morgan fingerprint density at radius 1 is 1.27 bits per heavy atom. The molecule has 0 fully saturated rings. The number of nitrogens with zero attached hydrogens (tertiary/aromatic N) is 1. The third kappa shape index (κ3) is 2.26. The molecule has 2 rings (SSSR count). The molecule has 1 heterocycles. The summed E-state index contributed by atoms with van der Waals surface area (Å²) in [5.74, 6) is 0. The van der Waals surface area contributed by atoms with Crippen LogP contribution in [0, 0.1) is 0 Å². The van der Waals surface area contributed by atoms with E-state index in [1.165, 1.54) is 18.4 Å². The van der Waals surface area contributed by atoms with Crippen molar-refractivity contribution in [3.8, 4) is 0 Å². The van der Waals surface area contributed by atoms with E-state index < -0.39 is 0 Å². The number of nitrogens with one attached hydrogen (secondary N) is 1. The number of hydrogen-bond acceptors (Lipinski definition) is 3. The number of H-pyrrole nitrogens is 1. The van der Waals surface area contributed by atoms with Crippen LogP contribution in [0.15, 0.2) is 4.79 Å². The third-order valence-corrected chi connectivity index (χ3v) is 2.94. The van der Waals surface area contributed by atoms with E-state index in [-0.39, 0.29) is 5.69 Å². The Balaban J connectivity index is 2.45. The van der Waals surface area contributed by atoms with Gasteiger partial charge in [-0.3, -0.25) is 0 Å². The molecule has 4 nitrogen and oxygen atoms in total. The van der Waals surface area contributed by atoms with Crippen molar-refractivity contribution in [1.82, 2.24) is 9.97 Å². The Hall–Kier alpha value is -1.16. The minimum absolute atomic E-state index is 0.223. The van der Waals surface area contributed by atoms with Gasteiger partial charge in [-0.1, -0.05) is 6.42 Å². The molecule has 1 aliphatic carbocycles. The van der Waals surface area contributed by atoms with Gasteiger partial charge in [0.1, 0.15) is 0 Å². The lowest BCUT2D eigenvalue weighted by Gasteiger charge is -2.09. The molecule has 0 atom stereocenters. The maximum atomic E-state index is 11.3. The summed E-state index contributed by atoms with van der Waals surface area (Å²) in [7, 11) is 0. The first-order valence-corrected chi connectivity index (χ1v) is 5.62. The number of nitrogens with two attached hydrogens (primary N) is 1. The van der Waals surface area contributed by atoms with Gasteiger partial charge < -0.3 is 10.7 Å². The molecule has 0 saturated heterocycles. The van der Waals surface area contributed by atoms with Crippen molar-refractivity contribution >= 4 is 0 Å². The molecule has 0 bridgehead atoms. The number of rotatable bonds is 2. The molecule has 0 aliphatic heterocycles. The summed E-state index contributed by atoms with van der Waals surface area (Å²) in [6.07, 6.45) is 6.32. The molecular weight excluding hydrogens is 190 g/mol. The molecule has 1 aromatic rings. The lowest BCUT2D eigenvalue weighted by atomic mass is 10.0. The number of hydrogen-bond donors (Lipinski definition) is 2. The van der Waals surface area contributed by atoms with Gasteiger partial charge in [0.25, 0.3) is 0 Å². The first-order valence-electron chi connectivity index (χ1n) is 5.62. The van der Waals surface area contributed by atoms with Crippen LogP contribution in [0.2, 0.25) is 0 Å². The molecule has 0 radical (unpaired) electrons. The monoisotopic (exact) mass is 207 g/mol. The molecule has 0 aromatic carbocycles. The fraction of sp³-hybridized carbons (Fsp3) is 0.636. The minimum Gasteiger partial charge on any atom is -0.330 e. The Morgan fingerprint density at radius 3 is 2.87 bits per heavy atom. The average molecular weight is 207 g/mol. The number of aryl methyl sites for hydroxylation is 1. The standard InChI is InChI=1S/C11H17N3O/c12-7-6-10-8-4-2-1-3-5-9(8)13-11(15)14-10/h1-7,12H2,(H,13,14,15). The van der Waals surface area contributed by atoms with Gasteiger partial charge in [0.15, 0.2) is 0 Å². The van der Waals surface area contributed by atoms with Crippen LogP contribution < -0.4 is 11.4 Å². The molecule has 0 amide bonds. The van der Waals surface area contributed by atoms with Crippen LogP contribution in [-0.4, -0.2) is 16.5 Å². The van der Waals surface area contributed by atoms with Crippen LogP contribution in [0.5, 0.6) is 0 Å². The predicted octanol–water partition coefficient (Wildman–Crippen LogP) is 0.540. The van der Waals surface area contributed by atoms with Crippen molar-refractivity contribution in [3.05, 3.63) is 27.4 Å². The second-order valence-electron chi connectivity index (χ2n) is 4.05. The van der Waals surface area contributed by atoms with E-state index in [0.29, 0.717) is 13.0 Å². The Morgan fingerprint density at radius 2 is 2.07 bits per heavy atom. The highest BCUT2D eigenvalue weighted by atomic mass is 16.1. The van der Waals surface area contributed by atoms with Gasteiger partial charge in [0.2, 0.25) is 0 Å². The Kier molecular flexibility index (Phi) is 3.16. The van der Waals surface area contributed by atoms with Crippen molar-refractivity contribution in [3.63, 3.8) is 0 Å². The molecule has 1 aromatic heterocycles. The summed E-state index contributed by atoms with van der Waals surface area (Å²) in [5, 5.41) is 0. The summed E-state index contributed by atoms with van der Waals surface area (Å²) in [6, 6.07) is 0. The van der Waals surface area contributed by atoms with E-state index in [1.54, 1.807) is 0 Å². The summed E-state index contributed by atoms with van der Waals surface area (Å²) in [5.41, 5.74) is 8.56. The molecule has 0 unspecified atom stereocenters. The molecular formula is C11H17N3O. The van der Waals surface area contributed by atoms with Gasteiger partial charge in [-0.05, 0) is 37.8 Å². The van der Waals surface area contributed by atoms with Gasteiger partial charge in [-0.2, -0.15) is 4.98 Å². The van der Waals surface area contributed by atoms with Gasteiger partial charge in [0, 0.05) is 12.1 Å². The van der Waals surface area contributed by atoms with E-state index in [1.807, 2.05) is 0 Å². The van der Waals surface area contributed by atoms with Gasteiger partial charge in [-0.15, -0.1) is 0 Å². The zero-order valence-electron chi connectivity index (χ0n) is 8.88. The lowest BCUT2D eigenvalue weighted by Crippen LogP contribution is -2.20. The summed E-state index contributed by atoms with van der Waals surface area (Å²) in [6.45, 7) is 0.558. The summed E-state index contributed by atoms with van der Waals surface area (Å²) in [4.78, 5) is 18.2. The van der Waals surface area contributed by atoms with Gasteiger partial charge in [0.05, 0.1) is 5.69 Å². The molecule has 0 spiro atoms. The zero-order chi connectivity index (χ0) is 10.7. The highest BCUT2D eigenvalue weighted by Crippen LogP contribution is 2.19. The quantitative estimate of drug-likeness (QED) is 0.695. The van der Waals surface area contributed by atoms with Crippen molar-refractivity contribution < 1.29 is 0 Å². The van der Waals surface area contributed by atoms with E-state index >= 15 is 0 Å². The molecule has 0 saturated carbocycles. The van der Waals surface area contributed by atoms with Gasteiger partial charge >= 0.3 is 5.69 Å². The smallest absolute Gasteiger partial charge is 0.330 e. The maximum Gasteiger partial charge on any atom is 0.345 e. The molecule has 15 heavy (non-hydrogen) atoms. The summed E-state index contributed by atoms with van der Waals surface area (Å²) >= 11 is 0. The SMILES string of the molecule is NCCc1nc(=O)[nH]c2c1CCCCC2. The van der Waals surface area contributed by atoms with Crippen molar-refractivity contribution in [2.45, 2.75) is 38.5 Å². The number of fused-ring (bicyclic) bond motifs is 1. The van der Waals surface area contributed by atoms with Crippen LogP contribution in [0.25, 0.3) is 0 Å². The summed E-state index contributed by atoms with van der Waals surface area (Å²) < 4.78 is 0. The van der Waals surface area contributed by atoms with Crippen LogP contribution >= 0.6 is 0 Å². The van der Waals surface area contributed by atoms with Crippen LogP contribution in [-0.2, 0) is 19.3 Å². The van der Waals surface area contributed by atoms with E-state index in [4.69, 9.17) is 5.73 Å². The first kappa shape index (κ1) is 10.4. The topological polar surface area (TPSA) is 71.8 Å². The largest absolute Gasteiger partial charge is 0.345 e. The Labute approximate surface area is 88.9 Å².